The number of aliphatic imine (C=N–C) groups is 1. The predicted octanol–water partition coefficient (Wildman–Crippen LogP) is 2.90. The molecule has 0 saturated carbocycles. The second kappa shape index (κ2) is 14.4. The Kier molecular flexibility index (Phi) is 11.9. The molecule has 0 radical (unpaired) electrons. The van der Waals surface area contributed by atoms with Crippen LogP contribution in [0.2, 0.25) is 0 Å². The van der Waals surface area contributed by atoms with Crippen LogP contribution < -0.4 is 10.6 Å². The summed E-state index contributed by atoms with van der Waals surface area (Å²) in [6.45, 7) is 22.9. The van der Waals surface area contributed by atoms with E-state index in [0.29, 0.717) is 12.0 Å². The second-order valence-electron chi connectivity index (χ2n) is 8.59. The average Bonchev–Trinajstić information content (AvgIpc) is 2.81. The van der Waals surface area contributed by atoms with Gasteiger partial charge in [0, 0.05) is 52.4 Å². The van der Waals surface area contributed by atoms with Crippen LogP contribution in [0.15, 0.2) is 35.3 Å². The summed E-state index contributed by atoms with van der Waals surface area (Å²) in [6, 6.07) is 11.2. The average molecular weight is 431 g/mol. The monoisotopic (exact) mass is 430 g/mol. The summed E-state index contributed by atoms with van der Waals surface area (Å²) in [6.07, 6.45) is 0. The van der Waals surface area contributed by atoms with Crippen molar-refractivity contribution in [2.75, 3.05) is 72.0 Å². The van der Waals surface area contributed by atoms with Crippen molar-refractivity contribution in [1.82, 2.24) is 25.3 Å². The van der Waals surface area contributed by atoms with Gasteiger partial charge in [-0.05, 0) is 38.0 Å². The Bertz CT molecular complexity index is 608. The van der Waals surface area contributed by atoms with Crippen LogP contribution in [0.25, 0.3) is 0 Å². The van der Waals surface area contributed by atoms with Gasteiger partial charge in [-0.1, -0.05) is 58.0 Å². The fraction of sp³-hybridized carbons (Fsp3) is 0.720. The number of hydrogen-bond acceptors (Lipinski definition) is 4. The van der Waals surface area contributed by atoms with E-state index in [0.717, 1.165) is 45.2 Å². The number of benzene rings is 1. The Labute approximate surface area is 191 Å². The highest BCUT2D eigenvalue weighted by Gasteiger charge is 2.19. The first-order valence-corrected chi connectivity index (χ1v) is 12.4. The molecule has 1 aliphatic rings. The Morgan fingerprint density at radius 2 is 1.61 bits per heavy atom. The van der Waals surface area contributed by atoms with E-state index in [1.807, 2.05) is 0 Å². The Morgan fingerprint density at radius 3 is 2.19 bits per heavy atom. The molecule has 2 unspecified atom stereocenters. The van der Waals surface area contributed by atoms with Gasteiger partial charge in [-0.15, -0.1) is 0 Å². The van der Waals surface area contributed by atoms with E-state index < -0.39 is 0 Å². The lowest BCUT2D eigenvalue weighted by Crippen LogP contribution is -2.47. The zero-order valence-corrected chi connectivity index (χ0v) is 20.6. The quantitative estimate of drug-likeness (QED) is 0.394. The third-order valence-electron chi connectivity index (χ3n) is 6.29. The molecule has 0 spiro atoms. The van der Waals surface area contributed by atoms with Gasteiger partial charge in [0.2, 0.25) is 0 Å². The van der Waals surface area contributed by atoms with Crippen molar-refractivity contribution >= 4 is 5.96 Å². The summed E-state index contributed by atoms with van der Waals surface area (Å²) in [5.74, 6) is 1.48. The predicted molar refractivity (Wildman–Crippen MR) is 134 cm³/mol. The molecule has 2 rings (SSSR count). The molecule has 1 aromatic carbocycles. The molecule has 2 atom stereocenters. The molecule has 6 heteroatoms. The lowest BCUT2D eigenvalue weighted by Gasteiger charge is -2.35. The largest absolute Gasteiger partial charge is 0.357 e. The topological polar surface area (TPSA) is 46.1 Å². The van der Waals surface area contributed by atoms with E-state index in [4.69, 9.17) is 4.99 Å². The number of nitrogens with zero attached hydrogens (tertiary/aromatic N) is 4. The SMILES string of the molecule is CCNC(=NCC(C)CN1CCN(CC)CC1)NCC(c1ccccc1)N(CC)CC. The lowest BCUT2D eigenvalue weighted by atomic mass is 10.1. The maximum atomic E-state index is 4.93. The van der Waals surface area contributed by atoms with E-state index in [1.54, 1.807) is 0 Å². The summed E-state index contributed by atoms with van der Waals surface area (Å²) in [7, 11) is 0. The molecule has 31 heavy (non-hydrogen) atoms. The molecule has 1 heterocycles. The zero-order valence-electron chi connectivity index (χ0n) is 20.6. The van der Waals surface area contributed by atoms with Gasteiger partial charge >= 0.3 is 0 Å². The molecule has 176 valence electrons. The Balaban J connectivity index is 1.91. The third kappa shape index (κ3) is 8.79. The second-order valence-corrected chi connectivity index (χ2v) is 8.59. The Morgan fingerprint density at radius 1 is 0.968 bits per heavy atom. The maximum Gasteiger partial charge on any atom is 0.191 e. The molecule has 0 aliphatic carbocycles. The van der Waals surface area contributed by atoms with Crippen molar-refractivity contribution in [3.8, 4) is 0 Å². The van der Waals surface area contributed by atoms with E-state index in [9.17, 15) is 0 Å². The van der Waals surface area contributed by atoms with Gasteiger partial charge < -0.3 is 20.4 Å². The number of guanidine groups is 1. The molecular weight excluding hydrogens is 384 g/mol. The fourth-order valence-corrected chi connectivity index (χ4v) is 4.37. The van der Waals surface area contributed by atoms with Crippen LogP contribution >= 0.6 is 0 Å². The summed E-state index contributed by atoms with van der Waals surface area (Å²) in [4.78, 5) is 12.6. The zero-order chi connectivity index (χ0) is 22.5. The van der Waals surface area contributed by atoms with Crippen molar-refractivity contribution in [3.63, 3.8) is 0 Å². The van der Waals surface area contributed by atoms with Crippen LogP contribution in [0.5, 0.6) is 0 Å². The van der Waals surface area contributed by atoms with Crippen LogP contribution in [0, 0.1) is 5.92 Å². The standard InChI is InChI=1S/C25H46N6/c1-6-26-25(27-19-22(5)21-30-17-15-29(7-2)16-18-30)28-20-24(31(8-3)9-4)23-13-11-10-12-14-23/h10-14,22,24H,6-9,15-21H2,1-5H3,(H2,26,27,28). The molecule has 0 aromatic heterocycles. The summed E-state index contributed by atoms with van der Waals surface area (Å²) >= 11 is 0. The molecule has 2 N–H and O–H groups in total. The summed E-state index contributed by atoms with van der Waals surface area (Å²) in [5.41, 5.74) is 1.36. The van der Waals surface area contributed by atoms with Gasteiger partial charge in [0.1, 0.15) is 0 Å². The minimum atomic E-state index is 0.340. The highest BCUT2D eigenvalue weighted by Crippen LogP contribution is 2.19. The van der Waals surface area contributed by atoms with E-state index in [-0.39, 0.29) is 0 Å². The van der Waals surface area contributed by atoms with Crippen molar-refractivity contribution in [1.29, 1.82) is 0 Å². The number of hydrogen-bond donors (Lipinski definition) is 2. The van der Waals surface area contributed by atoms with Crippen LogP contribution in [0.4, 0.5) is 0 Å². The first kappa shape index (κ1) is 25.6. The first-order valence-electron chi connectivity index (χ1n) is 12.4. The highest BCUT2D eigenvalue weighted by atomic mass is 15.3. The van der Waals surface area contributed by atoms with Crippen molar-refractivity contribution in [3.05, 3.63) is 35.9 Å². The minimum absolute atomic E-state index is 0.340. The van der Waals surface area contributed by atoms with E-state index in [2.05, 4.69) is 90.3 Å². The number of likely N-dealkylation sites (N-methyl/N-ethyl adjacent to an activating group) is 2. The molecule has 1 saturated heterocycles. The van der Waals surface area contributed by atoms with Crippen LogP contribution in [-0.4, -0.2) is 92.7 Å². The highest BCUT2D eigenvalue weighted by molar-refractivity contribution is 5.79. The lowest BCUT2D eigenvalue weighted by molar-refractivity contribution is 0.125. The van der Waals surface area contributed by atoms with Gasteiger partial charge in [0.15, 0.2) is 5.96 Å². The van der Waals surface area contributed by atoms with E-state index >= 15 is 0 Å². The van der Waals surface area contributed by atoms with Gasteiger partial charge in [-0.2, -0.15) is 0 Å². The number of nitrogens with one attached hydrogen (secondary N) is 2. The summed E-state index contributed by atoms with van der Waals surface area (Å²) in [5, 5.41) is 7.05. The molecule has 1 aromatic rings. The van der Waals surface area contributed by atoms with Crippen LogP contribution in [0.1, 0.15) is 46.2 Å². The van der Waals surface area contributed by atoms with Crippen molar-refractivity contribution < 1.29 is 0 Å². The molecule has 0 bridgehead atoms. The van der Waals surface area contributed by atoms with Crippen LogP contribution in [0.3, 0.4) is 0 Å². The molecule has 0 amide bonds. The molecule has 6 nitrogen and oxygen atoms in total. The normalized spacial score (nSPS) is 18.2. The van der Waals surface area contributed by atoms with Gasteiger partial charge in [0.25, 0.3) is 0 Å². The number of piperazine rings is 1. The Hall–Kier alpha value is -1.63. The minimum Gasteiger partial charge on any atom is -0.357 e. The molecule has 1 aliphatic heterocycles. The van der Waals surface area contributed by atoms with Crippen LogP contribution in [-0.2, 0) is 0 Å². The first-order chi connectivity index (χ1) is 15.1. The van der Waals surface area contributed by atoms with E-state index in [1.165, 1.54) is 38.3 Å². The molecule has 1 fully saturated rings. The van der Waals surface area contributed by atoms with Gasteiger partial charge in [-0.3, -0.25) is 9.89 Å². The number of rotatable bonds is 12. The van der Waals surface area contributed by atoms with Gasteiger partial charge in [-0.25, -0.2) is 0 Å². The maximum absolute atomic E-state index is 4.93. The smallest absolute Gasteiger partial charge is 0.191 e. The summed E-state index contributed by atoms with van der Waals surface area (Å²) < 4.78 is 0. The molecular formula is C25H46N6. The fourth-order valence-electron chi connectivity index (χ4n) is 4.37. The van der Waals surface area contributed by atoms with Gasteiger partial charge in [0.05, 0.1) is 6.04 Å². The third-order valence-corrected chi connectivity index (χ3v) is 6.29. The van der Waals surface area contributed by atoms with Crippen molar-refractivity contribution in [2.24, 2.45) is 10.9 Å². The van der Waals surface area contributed by atoms with Crippen molar-refractivity contribution in [2.45, 2.75) is 40.7 Å².